The minimum atomic E-state index is -0.252. The monoisotopic (exact) mass is 471 g/mol. The van der Waals surface area contributed by atoms with Crippen LogP contribution in [0.15, 0.2) is 72.8 Å². The molecule has 0 spiro atoms. The summed E-state index contributed by atoms with van der Waals surface area (Å²) in [5.74, 6) is 2.29. The summed E-state index contributed by atoms with van der Waals surface area (Å²) >= 11 is 0. The topological polar surface area (TPSA) is 65.4 Å². The summed E-state index contributed by atoms with van der Waals surface area (Å²) in [6.45, 7) is 7.37. The third-order valence-electron chi connectivity index (χ3n) is 5.94. The molecule has 1 amide bonds. The van der Waals surface area contributed by atoms with Crippen LogP contribution in [0, 0.1) is 13.8 Å². The third-order valence-corrected chi connectivity index (χ3v) is 5.94. The minimum absolute atomic E-state index is 0.0360. The Morgan fingerprint density at radius 3 is 2.57 bits per heavy atom. The molecule has 0 saturated carbocycles. The van der Waals surface area contributed by atoms with Gasteiger partial charge in [0, 0.05) is 6.54 Å². The Morgan fingerprint density at radius 2 is 1.74 bits per heavy atom. The number of para-hydroxylation sites is 3. The SMILES string of the molecule is Cc1ccc(C)c(OCC(=O)NC(C)c2nc3ccccc3n2CCCCOc2ccccc2)c1. The van der Waals surface area contributed by atoms with Gasteiger partial charge in [-0.05, 0) is 75.1 Å². The summed E-state index contributed by atoms with van der Waals surface area (Å²) in [5, 5.41) is 3.05. The first kappa shape index (κ1) is 24.3. The molecule has 4 aromatic rings. The summed E-state index contributed by atoms with van der Waals surface area (Å²) in [4.78, 5) is 17.5. The van der Waals surface area contributed by atoms with Crippen molar-refractivity contribution >= 4 is 16.9 Å². The summed E-state index contributed by atoms with van der Waals surface area (Å²) in [7, 11) is 0. The van der Waals surface area contributed by atoms with Crippen LogP contribution in [0.3, 0.4) is 0 Å². The number of carbonyl (C=O) groups excluding carboxylic acids is 1. The number of unbranched alkanes of at least 4 members (excludes halogenated alkanes) is 1. The predicted molar refractivity (Wildman–Crippen MR) is 139 cm³/mol. The van der Waals surface area contributed by atoms with Gasteiger partial charge >= 0.3 is 0 Å². The molecule has 0 radical (unpaired) electrons. The van der Waals surface area contributed by atoms with Gasteiger partial charge in [-0.3, -0.25) is 4.79 Å². The number of fused-ring (bicyclic) bond motifs is 1. The van der Waals surface area contributed by atoms with Crippen molar-refractivity contribution in [3.8, 4) is 11.5 Å². The van der Waals surface area contributed by atoms with E-state index in [0.717, 1.165) is 58.9 Å². The third kappa shape index (κ3) is 6.41. The van der Waals surface area contributed by atoms with Crippen LogP contribution in [0.2, 0.25) is 0 Å². The average Bonchev–Trinajstić information content (AvgIpc) is 3.24. The molecule has 3 aromatic carbocycles. The molecule has 0 aliphatic heterocycles. The van der Waals surface area contributed by atoms with Gasteiger partial charge in [0.2, 0.25) is 0 Å². The van der Waals surface area contributed by atoms with Crippen molar-refractivity contribution < 1.29 is 14.3 Å². The van der Waals surface area contributed by atoms with Crippen LogP contribution in [0.25, 0.3) is 11.0 Å². The number of imidazole rings is 1. The van der Waals surface area contributed by atoms with E-state index in [1.165, 1.54) is 0 Å². The minimum Gasteiger partial charge on any atom is -0.494 e. The van der Waals surface area contributed by atoms with E-state index < -0.39 is 0 Å². The van der Waals surface area contributed by atoms with Crippen molar-refractivity contribution in [2.45, 2.75) is 46.2 Å². The lowest BCUT2D eigenvalue weighted by Crippen LogP contribution is -2.32. The van der Waals surface area contributed by atoms with Gasteiger partial charge in [0.1, 0.15) is 17.3 Å². The Kier molecular flexibility index (Phi) is 8.03. The highest BCUT2D eigenvalue weighted by Gasteiger charge is 2.18. The lowest BCUT2D eigenvalue weighted by atomic mass is 10.1. The average molecular weight is 472 g/mol. The lowest BCUT2D eigenvalue weighted by Gasteiger charge is -2.17. The summed E-state index contributed by atoms with van der Waals surface area (Å²) < 4.78 is 13.8. The van der Waals surface area contributed by atoms with Gasteiger partial charge in [-0.2, -0.15) is 0 Å². The molecule has 6 heteroatoms. The zero-order valence-corrected chi connectivity index (χ0v) is 20.7. The number of aromatic nitrogens is 2. The second kappa shape index (κ2) is 11.6. The van der Waals surface area contributed by atoms with Crippen LogP contribution in [-0.2, 0) is 11.3 Å². The molecule has 0 fully saturated rings. The van der Waals surface area contributed by atoms with Crippen LogP contribution >= 0.6 is 0 Å². The first-order valence-electron chi connectivity index (χ1n) is 12.1. The molecule has 0 bridgehead atoms. The number of nitrogens with one attached hydrogen (secondary N) is 1. The molecule has 0 aliphatic carbocycles. The number of carbonyl (C=O) groups is 1. The van der Waals surface area contributed by atoms with Crippen LogP contribution in [0.1, 0.15) is 42.8 Å². The number of aryl methyl sites for hydroxylation is 3. The smallest absolute Gasteiger partial charge is 0.258 e. The van der Waals surface area contributed by atoms with Gasteiger partial charge in [-0.25, -0.2) is 4.98 Å². The number of ether oxygens (including phenoxy) is 2. The van der Waals surface area contributed by atoms with E-state index in [-0.39, 0.29) is 18.6 Å². The Balaban J connectivity index is 1.37. The summed E-state index contributed by atoms with van der Waals surface area (Å²) in [6.07, 6.45) is 1.86. The molecule has 6 nitrogen and oxygen atoms in total. The van der Waals surface area contributed by atoms with E-state index in [9.17, 15) is 4.79 Å². The van der Waals surface area contributed by atoms with Gasteiger partial charge < -0.3 is 19.4 Å². The van der Waals surface area contributed by atoms with Crippen molar-refractivity contribution in [2.24, 2.45) is 0 Å². The highest BCUT2D eigenvalue weighted by molar-refractivity contribution is 5.79. The highest BCUT2D eigenvalue weighted by Crippen LogP contribution is 2.22. The van der Waals surface area contributed by atoms with E-state index in [4.69, 9.17) is 14.5 Å². The van der Waals surface area contributed by atoms with Crippen LogP contribution in [0.4, 0.5) is 0 Å². The molecule has 182 valence electrons. The molecular weight excluding hydrogens is 438 g/mol. The van der Waals surface area contributed by atoms with Gasteiger partial charge in [0.25, 0.3) is 5.91 Å². The number of hydrogen-bond donors (Lipinski definition) is 1. The molecular formula is C29H33N3O3. The molecule has 4 rings (SSSR count). The van der Waals surface area contributed by atoms with Crippen molar-refractivity contribution in [3.63, 3.8) is 0 Å². The lowest BCUT2D eigenvalue weighted by molar-refractivity contribution is -0.123. The van der Waals surface area contributed by atoms with E-state index in [1.54, 1.807) is 0 Å². The van der Waals surface area contributed by atoms with Crippen molar-refractivity contribution in [1.82, 2.24) is 14.9 Å². The fourth-order valence-electron chi connectivity index (χ4n) is 4.09. The molecule has 0 saturated heterocycles. The van der Waals surface area contributed by atoms with Gasteiger partial charge in [0.15, 0.2) is 6.61 Å². The van der Waals surface area contributed by atoms with Crippen molar-refractivity contribution in [3.05, 3.63) is 89.7 Å². The molecule has 1 unspecified atom stereocenters. The quantitative estimate of drug-likeness (QED) is 0.282. The highest BCUT2D eigenvalue weighted by atomic mass is 16.5. The largest absolute Gasteiger partial charge is 0.494 e. The maximum atomic E-state index is 12.7. The first-order valence-corrected chi connectivity index (χ1v) is 12.1. The first-order chi connectivity index (χ1) is 17.0. The van der Waals surface area contributed by atoms with Crippen LogP contribution in [-0.4, -0.2) is 28.7 Å². The Bertz CT molecular complexity index is 1270. The molecule has 1 heterocycles. The Labute approximate surface area is 206 Å². The zero-order valence-electron chi connectivity index (χ0n) is 20.7. The maximum Gasteiger partial charge on any atom is 0.258 e. The number of hydrogen-bond acceptors (Lipinski definition) is 4. The standard InChI is InChI=1S/C29H33N3O3/c1-21-15-16-22(2)27(19-21)35-20-28(33)30-23(3)29-31-25-13-7-8-14-26(25)32(29)17-9-10-18-34-24-11-5-4-6-12-24/h4-8,11-16,19,23H,9-10,17-18,20H2,1-3H3,(H,30,33). The van der Waals surface area contributed by atoms with Crippen molar-refractivity contribution in [1.29, 1.82) is 0 Å². The second-order valence-electron chi connectivity index (χ2n) is 8.83. The van der Waals surface area contributed by atoms with Gasteiger partial charge in [-0.1, -0.05) is 42.5 Å². The van der Waals surface area contributed by atoms with E-state index >= 15 is 0 Å². The molecule has 35 heavy (non-hydrogen) atoms. The number of amides is 1. The summed E-state index contributed by atoms with van der Waals surface area (Å²) in [5.41, 5.74) is 4.10. The number of benzene rings is 3. The van der Waals surface area contributed by atoms with Crippen LogP contribution in [0.5, 0.6) is 11.5 Å². The van der Waals surface area contributed by atoms with E-state index in [2.05, 4.69) is 16.0 Å². The fourth-order valence-corrected chi connectivity index (χ4v) is 4.09. The van der Waals surface area contributed by atoms with E-state index in [1.807, 2.05) is 87.5 Å². The zero-order chi connectivity index (χ0) is 24.6. The normalized spacial score (nSPS) is 11.9. The maximum absolute atomic E-state index is 12.7. The Hall–Kier alpha value is -3.80. The molecule has 1 N–H and O–H groups in total. The van der Waals surface area contributed by atoms with Crippen molar-refractivity contribution in [2.75, 3.05) is 13.2 Å². The molecule has 1 aromatic heterocycles. The number of nitrogens with zero attached hydrogens (tertiary/aromatic N) is 2. The van der Waals surface area contributed by atoms with Gasteiger partial charge in [-0.15, -0.1) is 0 Å². The predicted octanol–water partition coefficient (Wildman–Crippen LogP) is 5.77. The van der Waals surface area contributed by atoms with E-state index in [0.29, 0.717) is 6.61 Å². The number of rotatable bonds is 11. The Morgan fingerprint density at radius 1 is 0.971 bits per heavy atom. The second-order valence-corrected chi connectivity index (χ2v) is 8.83. The molecule has 1 atom stereocenters. The fraction of sp³-hybridized carbons (Fsp3) is 0.310. The summed E-state index contributed by atoms with van der Waals surface area (Å²) in [6, 6.07) is 23.7. The molecule has 0 aliphatic rings. The van der Waals surface area contributed by atoms with Gasteiger partial charge in [0.05, 0.1) is 23.7 Å². The van der Waals surface area contributed by atoms with Crippen LogP contribution < -0.4 is 14.8 Å².